The predicted molar refractivity (Wildman–Crippen MR) is 74.4 cm³/mol. The summed E-state index contributed by atoms with van der Waals surface area (Å²) < 4.78 is 14.4. The predicted octanol–water partition coefficient (Wildman–Crippen LogP) is 3.75. The Morgan fingerprint density at radius 3 is 3.00 bits per heavy atom. The summed E-state index contributed by atoms with van der Waals surface area (Å²) >= 11 is 3.15. The molecule has 0 bridgehead atoms. The second-order valence-corrected chi connectivity index (χ2v) is 5.64. The zero-order valence-corrected chi connectivity index (χ0v) is 11.8. The van der Waals surface area contributed by atoms with Gasteiger partial charge in [-0.1, -0.05) is 18.2 Å². The van der Waals surface area contributed by atoms with Gasteiger partial charge in [0.2, 0.25) is 0 Å². The number of pyridine rings is 1. The number of hydrogen-bond donors (Lipinski definition) is 1. The largest absolute Gasteiger partial charge is 0.388 e. The summed E-state index contributed by atoms with van der Waals surface area (Å²) in [7, 11) is 0. The Bertz CT molecular complexity index is 617. The molecule has 0 spiro atoms. The van der Waals surface area contributed by atoms with Crippen molar-refractivity contribution in [1.82, 2.24) is 4.98 Å². The van der Waals surface area contributed by atoms with Gasteiger partial charge < -0.3 is 5.11 Å². The van der Waals surface area contributed by atoms with E-state index in [4.69, 9.17) is 0 Å². The van der Waals surface area contributed by atoms with Crippen molar-refractivity contribution in [3.05, 3.63) is 63.6 Å². The van der Waals surface area contributed by atoms with E-state index in [9.17, 15) is 9.50 Å². The van der Waals surface area contributed by atoms with Gasteiger partial charge in [-0.05, 0) is 46.5 Å². The van der Waals surface area contributed by atoms with Gasteiger partial charge in [0.25, 0.3) is 0 Å². The van der Waals surface area contributed by atoms with Crippen LogP contribution in [0.3, 0.4) is 0 Å². The van der Waals surface area contributed by atoms with E-state index in [1.165, 1.54) is 0 Å². The Labute approximate surface area is 119 Å². The Kier molecular flexibility index (Phi) is 3.37. The SMILES string of the molecule is OC(c1cccc(Br)c1F)C1CCc2cccnc21. The highest BCUT2D eigenvalue weighted by molar-refractivity contribution is 9.10. The summed E-state index contributed by atoms with van der Waals surface area (Å²) in [5.74, 6) is -0.514. The van der Waals surface area contributed by atoms with Crippen LogP contribution in [-0.4, -0.2) is 10.1 Å². The van der Waals surface area contributed by atoms with Gasteiger partial charge in [0.15, 0.2) is 0 Å². The molecule has 1 aliphatic rings. The van der Waals surface area contributed by atoms with E-state index in [-0.39, 0.29) is 11.7 Å². The van der Waals surface area contributed by atoms with Gasteiger partial charge in [-0.3, -0.25) is 4.98 Å². The molecule has 2 nitrogen and oxygen atoms in total. The Hall–Kier alpha value is -1.26. The normalized spacial score (nSPS) is 19.2. The van der Waals surface area contributed by atoms with Crippen molar-refractivity contribution in [2.24, 2.45) is 0 Å². The molecule has 4 heteroatoms. The lowest BCUT2D eigenvalue weighted by Crippen LogP contribution is -2.11. The van der Waals surface area contributed by atoms with E-state index in [0.717, 1.165) is 24.1 Å². The third-order valence-corrected chi connectivity index (χ3v) is 4.30. The average molecular weight is 322 g/mol. The lowest BCUT2D eigenvalue weighted by atomic mass is 9.93. The van der Waals surface area contributed by atoms with E-state index in [1.807, 2.05) is 12.1 Å². The second-order valence-electron chi connectivity index (χ2n) is 4.78. The van der Waals surface area contributed by atoms with Crippen molar-refractivity contribution >= 4 is 15.9 Å². The molecule has 1 aliphatic carbocycles. The maximum Gasteiger partial charge on any atom is 0.143 e. The van der Waals surface area contributed by atoms with Crippen molar-refractivity contribution < 1.29 is 9.50 Å². The number of rotatable bonds is 2. The number of aliphatic hydroxyl groups is 1. The molecule has 2 aromatic rings. The lowest BCUT2D eigenvalue weighted by Gasteiger charge is -2.19. The number of halogens is 2. The standard InChI is InChI=1S/C15H13BrFNO/c16-12-5-1-4-10(13(12)17)15(19)11-7-6-9-3-2-8-18-14(9)11/h1-5,8,11,15,19H,6-7H2. The summed E-state index contributed by atoms with van der Waals surface area (Å²) in [6.45, 7) is 0. The second kappa shape index (κ2) is 5.02. The van der Waals surface area contributed by atoms with Gasteiger partial charge in [-0.2, -0.15) is 0 Å². The first-order valence-corrected chi connectivity index (χ1v) is 7.03. The maximum atomic E-state index is 14.1. The molecule has 1 aromatic heterocycles. The fourth-order valence-corrected chi connectivity index (χ4v) is 3.10. The molecule has 98 valence electrons. The van der Waals surface area contributed by atoms with Gasteiger partial charge in [0.05, 0.1) is 10.6 Å². The fraction of sp³-hybridized carbons (Fsp3) is 0.267. The molecule has 0 radical (unpaired) electrons. The molecule has 0 fully saturated rings. The van der Waals surface area contributed by atoms with Crippen molar-refractivity contribution in [2.75, 3.05) is 0 Å². The maximum absolute atomic E-state index is 14.1. The van der Waals surface area contributed by atoms with Crippen LogP contribution in [-0.2, 0) is 6.42 Å². The third-order valence-electron chi connectivity index (χ3n) is 3.68. The number of aryl methyl sites for hydroxylation is 1. The molecular formula is C15H13BrFNO. The number of benzene rings is 1. The van der Waals surface area contributed by atoms with Crippen LogP contribution in [0.25, 0.3) is 0 Å². The Morgan fingerprint density at radius 1 is 1.32 bits per heavy atom. The van der Waals surface area contributed by atoms with Crippen LogP contribution in [0.15, 0.2) is 41.0 Å². The molecule has 0 aliphatic heterocycles. The van der Waals surface area contributed by atoms with E-state index >= 15 is 0 Å². The van der Waals surface area contributed by atoms with Crippen molar-refractivity contribution in [1.29, 1.82) is 0 Å². The Balaban J connectivity index is 1.98. The first kappa shape index (κ1) is 12.8. The number of aliphatic hydroxyl groups excluding tert-OH is 1. The summed E-state index contributed by atoms with van der Waals surface area (Å²) in [6, 6.07) is 8.91. The van der Waals surface area contributed by atoms with Gasteiger partial charge in [0.1, 0.15) is 5.82 Å². The van der Waals surface area contributed by atoms with Gasteiger partial charge in [-0.15, -0.1) is 0 Å². The molecular weight excluding hydrogens is 309 g/mol. The monoisotopic (exact) mass is 321 g/mol. The quantitative estimate of drug-likeness (QED) is 0.913. The number of aromatic nitrogens is 1. The molecule has 1 N–H and O–H groups in total. The molecule has 0 saturated carbocycles. The highest BCUT2D eigenvalue weighted by Crippen LogP contribution is 2.41. The summed E-state index contributed by atoms with van der Waals surface area (Å²) in [6.07, 6.45) is 2.56. The number of nitrogens with zero attached hydrogens (tertiary/aromatic N) is 1. The van der Waals surface area contributed by atoms with E-state index < -0.39 is 6.10 Å². The van der Waals surface area contributed by atoms with Crippen LogP contribution in [0.4, 0.5) is 4.39 Å². The minimum atomic E-state index is -0.853. The number of fused-ring (bicyclic) bond motifs is 1. The molecule has 2 unspecified atom stereocenters. The van der Waals surface area contributed by atoms with Crippen molar-refractivity contribution in [3.63, 3.8) is 0 Å². The average Bonchev–Trinajstić information content (AvgIpc) is 2.85. The highest BCUT2D eigenvalue weighted by atomic mass is 79.9. The van der Waals surface area contributed by atoms with Crippen molar-refractivity contribution in [2.45, 2.75) is 24.9 Å². The zero-order valence-electron chi connectivity index (χ0n) is 10.2. The topological polar surface area (TPSA) is 33.1 Å². The Morgan fingerprint density at radius 2 is 2.16 bits per heavy atom. The van der Waals surface area contributed by atoms with Crippen LogP contribution in [0.1, 0.15) is 35.3 Å². The minimum Gasteiger partial charge on any atom is -0.388 e. The van der Waals surface area contributed by atoms with Gasteiger partial charge in [0, 0.05) is 23.4 Å². The minimum absolute atomic E-state index is 0.125. The van der Waals surface area contributed by atoms with Crippen LogP contribution in [0, 0.1) is 5.82 Å². The first-order valence-electron chi connectivity index (χ1n) is 6.24. The molecule has 1 aromatic carbocycles. The third kappa shape index (κ3) is 2.19. The first-order chi connectivity index (χ1) is 9.18. The molecule has 3 rings (SSSR count). The fourth-order valence-electron chi connectivity index (χ4n) is 2.72. The summed E-state index contributed by atoms with van der Waals surface area (Å²) in [5, 5.41) is 10.5. The van der Waals surface area contributed by atoms with Crippen LogP contribution in [0.5, 0.6) is 0 Å². The molecule has 2 atom stereocenters. The molecule has 0 saturated heterocycles. The molecule has 1 heterocycles. The molecule has 0 amide bonds. The number of hydrogen-bond acceptors (Lipinski definition) is 2. The zero-order chi connectivity index (χ0) is 13.4. The van der Waals surface area contributed by atoms with Gasteiger partial charge in [-0.25, -0.2) is 4.39 Å². The lowest BCUT2D eigenvalue weighted by molar-refractivity contribution is 0.139. The van der Waals surface area contributed by atoms with E-state index in [1.54, 1.807) is 24.4 Å². The smallest absolute Gasteiger partial charge is 0.143 e. The van der Waals surface area contributed by atoms with Crippen LogP contribution in [0.2, 0.25) is 0 Å². The molecule has 19 heavy (non-hydrogen) atoms. The van der Waals surface area contributed by atoms with Gasteiger partial charge >= 0.3 is 0 Å². The van der Waals surface area contributed by atoms with E-state index in [2.05, 4.69) is 20.9 Å². The highest BCUT2D eigenvalue weighted by Gasteiger charge is 2.32. The van der Waals surface area contributed by atoms with Crippen molar-refractivity contribution in [3.8, 4) is 0 Å². The summed E-state index contributed by atoms with van der Waals surface area (Å²) in [5.41, 5.74) is 2.38. The van der Waals surface area contributed by atoms with Crippen LogP contribution < -0.4 is 0 Å². The summed E-state index contributed by atoms with van der Waals surface area (Å²) in [4.78, 5) is 4.35. The van der Waals surface area contributed by atoms with Crippen LogP contribution >= 0.6 is 15.9 Å². The van der Waals surface area contributed by atoms with E-state index in [0.29, 0.717) is 10.0 Å².